The van der Waals surface area contributed by atoms with E-state index in [1.807, 2.05) is 24.3 Å². The molecule has 6 heteroatoms. The summed E-state index contributed by atoms with van der Waals surface area (Å²) in [6, 6.07) is 12.5. The van der Waals surface area contributed by atoms with E-state index in [2.05, 4.69) is 20.8 Å². The number of carbonyl (C=O) groups is 1. The first-order valence-electron chi connectivity index (χ1n) is 11.5. The Balaban J connectivity index is 1.41. The average molecular weight is 451 g/mol. The quantitative estimate of drug-likeness (QED) is 0.420. The van der Waals surface area contributed by atoms with Gasteiger partial charge >= 0.3 is 5.97 Å². The van der Waals surface area contributed by atoms with E-state index in [1.54, 1.807) is 18.2 Å². The van der Waals surface area contributed by atoms with Crippen LogP contribution in [0.25, 0.3) is 11.0 Å². The molecule has 0 radical (unpaired) electrons. The van der Waals surface area contributed by atoms with Gasteiger partial charge in [-0.15, -0.1) is 0 Å². The summed E-state index contributed by atoms with van der Waals surface area (Å²) < 4.78 is 22.4. The third-order valence-corrected chi connectivity index (χ3v) is 5.87. The van der Waals surface area contributed by atoms with Crippen LogP contribution in [0.15, 0.2) is 57.9 Å². The highest BCUT2D eigenvalue weighted by Gasteiger charge is 2.18. The van der Waals surface area contributed by atoms with Crippen LogP contribution in [0.4, 0.5) is 0 Å². The number of fused-ring (bicyclic) bond motifs is 1. The predicted octanol–water partition coefficient (Wildman–Crippen LogP) is 6.14. The number of esters is 1. The Morgan fingerprint density at radius 2 is 1.70 bits per heavy atom. The molecule has 1 saturated carbocycles. The first-order valence-corrected chi connectivity index (χ1v) is 11.5. The largest absolute Gasteiger partial charge is 0.482 e. The smallest absolute Gasteiger partial charge is 0.344 e. The highest BCUT2D eigenvalue weighted by atomic mass is 16.6. The first kappa shape index (κ1) is 22.9. The maximum absolute atomic E-state index is 12.9. The second-order valence-corrected chi connectivity index (χ2v) is 9.50. The van der Waals surface area contributed by atoms with Crippen LogP contribution in [-0.4, -0.2) is 18.7 Å². The molecular weight excluding hydrogens is 420 g/mol. The maximum atomic E-state index is 12.9. The van der Waals surface area contributed by atoms with Crippen LogP contribution in [0.3, 0.4) is 0 Å². The molecule has 0 aliphatic heterocycles. The zero-order chi connectivity index (χ0) is 23.4. The zero-order valence-corrected chi connectivity index (χ0v) is 19.4. The lowest BCUT2D eigenvalue weighted by Crippen LogP contribution is -2.24. The molecule has 6 nitrogen and oxygen atoms in total. The lowest BCUT2D eigenvalue weighted by atomic mass is 9.87. The van der Waals surface area contributed by atoms with Crippen molar-refractivity contribution < 1.29 is 23.4 Å². The second kappa shape index (κ2) is 9.69. The van der Waals surface area contributed by atoms with Crippen molar-refractivity contribution in [2.45, 2.75) is 64.4 Å². The Morgan fingerprint density at radius 3 is 2.39 bits per heavy atom. The lowest BCUT2D eigenvalue weighted by molar-refractivity contribution is -0.152. The third kappa shape index (κ3) is 5.75. The number of ether oxygens (including phenoxy) is 3. The Bertz CT molecular complexity index is 1160. The van der Waals surface area contributed by atoms with Crippen LogP contribution >= 0.6 is 0 Å². The van der Waals surface area contributed by atoms with Gasteiger partial charge in [-0.25, -0.2) is 4.79 Å². The summed E-state index contributed by atoms with van der Waals surface area (Å²) >= 11 is 0. The maximum Gasteiger partial charge on any atom is 0.344 e. The summed E-state index contributed by atoms with van der Waals surface area (Å²) in [6.45, 7) is 6.23. The molecule has 1 aliphatic rings. The number of rotatable bonds is 6. The Hall–Kier alpha value is -3.28. The van der Waals surface area contributed by atoms with E-state index in [0.717, 1.165) is 25.7 Å². The van der Waals surface area contributed by atoms with Crippen molar-refractivity contribution in [3.63, 3.8) is 0 Å². The summed E-state index contributed by atoms with van der Waals surface area (Å²) in [5.74, 6) is 0.712. The van der Waals surface area contributed by atoms with E-state index < -0.39 is 0 Å². The molecule has 0 bridgehead atoms. The van der Waals surface area contributed by atoms with Gasteiger partial charge in [-0.1, -0.05) is 39.3 Å². The van der Waals surface area contributed by atoms with Gasteiger partial charge < -0.3 is 18.6 Å². The number of benzene rings is 2. The van der Waals surface area contributed by atoms with Gasteiger partial charge in [0.25, 0.3) is 0 Å². The van der Waals surface area contributed by atoms with Crippen molar-refractivity contribution in [3.05, 3.63) is 64.5 Å². The van der Waals surface area contributed by atoms with Gasteiger partial charge in [0.1, 0.15) is 29.4 Å². The van der Waals surface area contributed by atoms with E-state index in [0.29, 0.717) is 22.5 Å². The fourth-order valence-corrected chi connectivity index (χ4v) is 3.95. The molecular formula is C27H30O6. The molecule has 0 atom stereocenters. The van der Waals surface area contributed by atoms with E-state index in [1.165, 1.54) is 18.2 Å². The monoisotopic (exact) mass is 450 g/mol. The Labute approximate surface area is 193 Å². The Morgan fingerprint density at radius 1 is 1.00 bits per heavy atom. The summed E-state index contributed by atoms with van der Waals surface area (Å²) in [4.78, 5) is 24.9. The normalized spacial score (nSPS) is 14.8. The Kier molecular flexibility index (Phi) is 6.72. The second-order valence-electron chi connectivity index (χ2n) is 9.50. The molecule has 3 aromatic rings. The summed E-state index contributed by atoms with van der Waals surface area (Å²) in [5, 5.41) is 0.371. The summed E-state index contributed by atoms with van der Waals surface area (Å²) in [7, 11) is 0. The van der Waals surface area contributed by atoms with Gasteiger partial charge in [-0.2, -0.15) is 0 Å². The molecule has 4 rings (SSSR count). The molecule has 0 N–H and O–H groups in total. The van der Waals surface area contributed by atoms with Crippen LogP contribution in [0.2, 0.25) is 0 Å². The molecule has 174 valence electrons. The lowest BCUT2D eigenvalue weighted by Gasteiger charge is -2.21. The van der Waals surface area contributed by atoms with Gasteiger partial charge in [-0.3, -0.25) is 4.79 Å². The molecule has 1 heterocycles. The fraction of sp³-hybridized carbons (Fsp3) is 0.407. The fourth-order valence-electron chi connectivity index (χ4n) is 3.95. The van der Waals surface area contributed by atoms with Gasteiger partial charge in [0.2, 0.25) is 11.2 Å². The highest BCUT2D eigenvalue weighted by Crippen LogP contribution is 2.27. The molecule has 2 aromatic carbocycles. The summed E-state index contributed by atoms with van der Waals surface area (Å²) in [5.41, 5.74) is 1.29. The number of carbonyl (C=O) groups excluding carboxylic acids is 1. The van der Waals surface area contributed by atoms with Gasteiger partial charge in [0.05, 0.1) is 5.39 Å². The minimum atomic E-state index is -0.385. The average Bonchev–Trinajstić information content (AvgIpc) is 2.80. The molecule has 1 aromatic heterocycles. The predicted molar refractivity (Wildman–Crippen MR) is 126 cm³/mol. The van der Waals surface area contributed by atoms with Crippen molar-refractivity contribution in [2.75, 3.05) is 6.61 Å². The summed E-state index contributed by atoms with van der Waals surface area (Å²) in [6.07, 6.45) is 6.50. The first-order chi connectivity index (χ1) is 15.8. The van der Waals surface area contributed by atoms with Crippen molar-refractivity contribution in [3.8, 4) is 17.2 Å². The van der Waals surface area contributed by atoms with Crippen molar-refractivity contribution >= 4 is 16.9 Å². The molecule has 0 unspecified atom stereocenters. The molecule has 0 saturated heterocycles. The van der Waals surface area contributed by atoms with Crippen molar-refractivity contribution in [2.24, 2.45) is 0 Å². The topological polar surface area (TPSA) is 75.0 Å². The molecule has 1 fully saturated rings. The standard InChI is InChI=1S/C27H30O6/c1-27(2,3)18-9-11-20(12-10-18)32-24-16-31-23-15-21(13-14-22(23)26(24)29)30-17-25(28)33-19-7-5-4-6-8-19/h9-16,19H,4-8,17H2,1-3H3. The molecule has 0 amide bonds. The van der Waals surface area contributed by atoms with Crippen LogP contribution in [0, 0.1) is 0 Å². The van der Waals surface area contributed by atoms with Crippen LogP contribution < -0.4 is 14.9 Å². The van der Waals surface area contributed by atoms with Gasteiger partial charge in [0.15, 0.2) is 6.61 Å². The van der Waals surface area contributed by atoms with E-state index in [9.17, 15) is 9.59 Å². The van der Waals surface area contributed by atoms with E-state index in [-0.39, 0.29) is 35.3 Å². The minimum Gasteiger partial charge on any atom is -0.482 e. The highest BCUT2D eigenvalue weighted by molar-refractivity contribution is 5.79. The third-order valence-electron chi connectivity index (χ3n) is 5.87. The van der Waals surface area contributed by atoms with Gasteiger partial charge in [-0.05, 0) is 60.9 Å². The SMILES string of the molecule is CC(C)(C)c1ccc(Oc2coc3cc(OCC(=O)OC4CCCCC4)ccc3c2=O)cc1. The van der Waals surface area contributed by atoms with Crippen molar-refractivity contribution in [1.29, 1.82) is 0 Å². The van der Waals surface area contributed by atoms with Crippen LogP contribution in [0.5, 0.6) is 17.2 Å². The molecule has 1 aliphatic carbocycles. The van der Waals surface area contributed by atoms with Crippen molar-refractivity contribution in [1.82, 2.24) is 0 Å². The van der Waals surface area contributed by atoms with E-state index in [4.69, 9.17) is 18.6 Å². The number of hydrogen-bond acceptors (Lipinski definition) is 6. The van der Waals surface area contributed by atoms with E-state index >= 15 is 0 Å². The van der Waals surface area contributed by atoms with Gasteiger partial charge in [0, 0.05) is 6.07 Å². The number of hydrogen-bond donors (Lipinski definition) is 0. The van der Waals surface area contributed by atoms with Crippen LogP contribution in [-0.2, 0) is 14.9 Å². The molecule has 0 spiro atoms. The minimum absolute atomic E-state index is 0.00689. The zero-order valence-electron chi connectivity index (χ0n) is 19.4. The molecule has 33 heavy (non-hydrogen) atoms. The van der Waals surface area contributed by atoms with Crippen LogP contribution in [0.1, 0.15) is 58.4 Å².